The molecule has 7 heteroatoms. The molecule has 2 aromatic rings. The first-order valence-electron chi connectivity index (χ1n) is 11.3. The Labute approximate surface area is 209 Å². The second kappa shape index (κ2) is 15.9. The molecule has 3 rings (SSSR count). The maximum Gasteiger partial charge on any atom is 0.191 e. The molecule has 0 aromatic heterocycles. The molecule has 0 spiro atoms. The first-order valence-corrected chi connectivity index (χ1v) is 11.3. The Bertz CT molecular complexity index is 783. The van der Waals surface area contributed by atoms with Crippen LogP contribution >= 0.6 is 24.0 Å². The van der Waals surface area contributed by atoms with Gasteiger partial charge in [-0.15, -0.1) is 24.0 Å². The van der Waals surface area contributed by atoms with E-state index in [2.05, 4.69) is 41.8 Å². The minimum Gasteiger partial charge on any atom is -0.494 e. The number of hydrogen-bond acceptors (Lipinski definition) is 4. The van der Waals surface area contributed by atoms with Crippen LogP contribution in [0.4, 0.5) is 0 Å². The van der Waals surface area contributed by atoms with Gasteiger partial charge in [-0.1, -0.05) is 42.5 Å². The molecule has 0 atom stereocenters. The highest BCUT2D eigenvalue weighted by Crippen LogP contribution is 2.14. The summed E-state index contributed by atoms with van der Waals surface area (Å²) < 4.78 is 17.2. The van der Waals surface area contributed by atoms with E-state index in [9.17, 15) is 0 Å². The maximum absolute atomic E-state index is 6.04. The van der Waals surface area contributed by atoms with Crippen LogP contribution in [0.5, 0.6) is 5.75 Å². The SMILES string of the molecule is CCNC(=NCc1cccc(COC2CCOCC2)c1)NCCCOc1ccccc1.I. The van der Waals surface area contributed by atoms with E-state index in [-0.39, 0.29) is 24.0 Å². The number of para-hydroxylation sites is 1. The summed E-state index contributed by atoms with van der Waals surface area (Å²) in [4.78, 5) is 4.73. The van der Waals surface area contributed by atoms with E-state index in [0.29, 0.717) is 25.9 Å². The Balaban J connectivity index is 0.00000363. The molecule has 2 N–H and O–H groups in total. The Morgan fingerprint density at radius 2 is 1.81 bits per heavy atom. The van der Waals surface area contributed by atoms with E-state index in [1.54, 1.807) is 0 Å². The van der Waals surface area contributed by atoms with Gasteiger partial charge in [0.2, 0.25) is 0 Å². The first-order chi connectivity index (χ1) is 15.3. The molecule has 0 saturated carbocycles. The van der Waals surface area contributed by atoms with E-state index >= 15 is 0 Å². The minimum absolute atomic E-state index is 0. The van der Waals surface area contributed by atoms with Crippen molar-refractivity contribution in [3.8, 4) is 5.75 Å². The smallest absolute Gasteiger partial charge is 0.191 e. The zero-order valence-electron chi connectivity index (χ0n) is 18.9. The zero-order chi connectivity index (χ0) is 21.6. The molecule has 1 saturated heterocycles. The molecule has 1 aliphatic heterocycles. The lowest BCUT2D eigenvalue weighted by Gasteiger charge is -2.22. The van der Waals surface area contributed by atoms with E-state index in [4.69, 9.17) is 19.2 Å². The lowest BCUT2D eigenvalue weighted by atomic mass is 10.1. The number of guanidine groups is 1. The number of hydrogen-bond donors (Lipinski definition) is 2. The average Bonchev–Trinajstić information content (AvgIpc) is 2.82. The molecule has 32 heavy (non-hydrogen) atoms. The number of nitrogens with one attached hydrogen (secondary N) is 2. The van der Waals surface area contributed by atoms with Crippen LogP contribution in [0.2, 0.25) is 0 Å². The van der Waals surface area contributed by atoms with Crippen molar-refractivity contribution >= 4 is 29.9 Å². The van der Waals surface area contributed by atoms with Crippen LogP contribution in [0.25, 0.3) is 0 Å². The van der Waals surface area contributed by atoms with Crippen molar-refractivity contribution in [3.63, 3.8) is 0 Å². The second-order valence-corrected chi connectivity index (χ2v) is 7.58. The highest BCUT2D eigenvalue weighted by Gasteiger charge is 2.14. The molecule has 2 aromatic carbocycles. The molecule has 0 radical (unpaired) electrons. The number of benzene rings is 2. The molecule has 1 fully saturated rings. The summed E-state index contributed by atoms with van der Waals surface area (Å²) in [7, 11) is 0. The molecule has 0 aliphatic carbocycles. The van der Waals surface area contributed by atoms with E-state index in [1.165, 1.54) is 11.1 Å². The fourth-order valence-electron chi connectivity index (χ4n) is 3.37. The second-order valence-electron chi connectivity index (χ2n) is 7.58. The van der Waals surface area contributed by atoms with Crippen LogP contribution in [-0.2, 0) is 22.6 Å². The van der Waals surface area contributed by atoms with Crippen molar-refractivity contribution in [1.82, 2.24) is 10.6 Å². The molecular weight excluding hydrogens is 517 g/mol. The summed E-state index contributed by atoms with van der Waals surface area (Å²) in [5.41, 5.74) is 2.37. The Morgan fingerprint density at radius 3 is 2.59 bits per heavy atom. The van der Waals surface area contributed by atoms with Crippen LogP contribution in [0.1, 0.15) is 37.3 Å². The summed E-state index contributed by atoms with van der Waals surface area (Å²) in [5, 5.41) is 6.69. The lowest BCUT2D eigenvalue weighted by molar-refractivity contribution is -0.0390. The van der Waals surface area contributed by atoms with Gasteiger partial charge >= 0.3 is 0 Å². The van der Waals surface area contributed by atoms with Gasteiger partial charge in [-0.05, 0) is 49.4 Å². The first kappa shape index (κ1) is 26.4. The predicted molar refractivity (Wildman–Crippen MR) is 140 cm³/mol. The fourth-order valence-corrected chi connectivity index (χ4v) is 3.37. The summed E-state index contributed by atoms with van der Waals surface area (Å²) >= 11 is 0. The summed E-state index contributed by atoms with van der Waals surface area (Å²) in [6.07, 6.45) is 3.18. The number of nitrogens with zero attached hydrogens (tertiary/aromatic N) is 1. The third kappa shape index (κ3) is 10.2. The van der Waals surface area contributed by atoms with Gasteiger partial charge in [0, 0.05) is 26.3 Å². The standard InChI is InChI=1S/C25H35N3O3.HI/c1-2-26-25(27-14-7-15-30-23-10-4-3-5-11-23)28-19-21-8-6-9-22(18-21)20-31-24-12-16-29-17-13-24;/h3-6,8-11,18,24H,2,7,12-17,19-20H2,1H3,(H2,26,27,28);1H. The van der Waals surface area contributed by atoms with Crippen LogP contribution in [0.3, 0.4) is 0 Å². The summed E-state index contributed by atoms with van der Waals surface area (Å²) in [6, 6.07) is 18.4. The minimum atomic E-state index is 0. The van der Waals surface area contributed by atoms with Crippen molar-refractivity contribution in [3.05, 3.63) is 65.7 Å². The molecule has 0 bridgehead atoms. The van der Waals surface area contributed by atoms with Crippen LogP contribution in [-0.4, -0.2) is 45.0 Å². The van der Waals surface area contributed by atoms with Crippen LogP contribution < -0.4 is 15.4 Å². The van der Waals surface area contributed by atoms with Gasteiger partial charge in [0.05, 0.1) is 25.9 Å². The fraction of sp³-hybridized carbons (Fsp3) is 0.480. The average molecular weight is 553 g/mol. The molecule has 0 amide bonds. The third-order valence-corrected chi connectivity index (χ3v) is 5.03. The summed E-state index contributed by atoms with van der Waals surface area (Å²) in [5.74, 6) is 1.73. The number of halogens is 1. The largest absolute Gasteiger partial charge is 0.494 e. The van der Waals surface area contributed by atoms with Crippen LogP contribution in [0.15, 0.2) is 59.6 Å². The van der Waals surface area contributed by atoms with Crippen molar-refractivity contribution in [2.24, 2.45) is 4.99 Å². The molecule has 1 aliphatic rings. The van der Waals surface area contributed by atoms with E-state index in [1.807, 2.05) is 30.3 Å². The van der Waals surface area contributed by atoms with E-state index in [0.717, 1.165) is 57.3 Å². The van der Waals surface area contributed by atoms with Gasteiger partial charge in [-0.3, -0.25) is 0 Å². The normalized spacial score (nSPS) is 14.5. The third-order valence-electron chi connectivity index (χ3n) is 5.03. The Hall–Kier alpha value is -1.84. The topological polar surface area (TPSA) is 64.1 Å². The molecule has 1 heterocycles. The van der Waals surface area contributed by atoms with Crippen LogP contribution in [0, 0.1) is 0 Å². The number of ether oxygens (including phenoxy) is 3. The molecule has 0 unspecified atom stereocenters. The van der Waals surface area contributed by atoms with Gasteiger partial charge in [-0.25, -0.2) is 4.99 Å². The van der Waals surface area contributed by atoms with Gasteiger partial charge < -0.3 is 24.8 Å². The highest BCUT2D eigenvalue weighted by atomic mass is 127. The molecule has 176 valence electrons. The molecule has 6 nitrogen and oxygen atoms in total. The van der Waals surface area contributed by atoms with Gasteiger partial charge in [0.15, 0.2) is 5.96 Å². The van der Waals surface area contributed by atoms with Crippen molar-refractivity contribution < 1.29 is 14.2 Å². The van der Waals surface area contributed by atoms with E-state index < -0.39 is 0 Å². The number of aliphatic imine (C=N–C) groups is 1. The zero-order valence-corrected chi connectivity index (χ0v) is 21.3. The molecular formula is C25H36IN3O3. The highest BCUT2D eigenvalue weighted by molar-refractivity contribution is 14.0. The Kier molecular flexibility index (Phi) is 13.1. The van der Waals surface area contributed by atoms with Gasteiger partial charge in [0.25, 0.3) is 0 Å². The monoisotopic (exact) mass is 553 g/mol. The predicted octanol–water partition coefficient (Wildman–Crippen LogP) is 4.52. The summed E-state index contributed by atoms with van der Waals surface area (Å²) in [6.45, 7) is 7.25. The van der Waals surface area contributed by atoms with Crippen molar-refractivity contribution in [2.75, 3.05) is 32.9 Å². The van der Waals surface area contributed by atoms with Gasteiger partial charge in [0.1, 0.15) is 5.75 Å². The maximum atomic E-state index is 6.04. The Morgan fingerprint density at radius 1 is 1.03 bits per heavy atom. The van der Waals surface area contributed by atoms with Crippen molar-refractivity contribution in [1.29, 1.82) is 0 Å². The number of rotatable bonds is 11. The lowest BCUT2D eigenvalue weighted by Crippen LogP contribution is -2.38. The van der Waals surface area contributed by atoms with Gasteiger partial charge in [-0.2, -0.15) is 0 Å². The quantitative estimate of drug-likeness (QED) is 0.186. The van der Waals surface area contributed by atoms with Crippen molar-refractivity contribution in [2.45, 2.75) is 45.4 Å².